The van der Waals surface area contributed by atoms with Crippen LogP contribution in [0.5, 0.6) is 0 Å². The average molecular weight is 183 g/mol. The van der Waals surface area contributed by atoms with Crippen LogP contribution in [0.2, 0.25) is 0 Å². The van der Waals surface area contributed by atoms with Gasteiger partial charge in [-0.3, -0.25) is 0 Å². The Morgan fingerprint density at radius 3 is 1.92 bits per heavy atom. The fourth-order valence-corrected chi connectivity index (χ4v) is 2.79. The first-order chi connectivity index (χ1) is 6.20. The third-order valence-corrected chi connectivity index (χ3v) is 3.55. The molecule has 78 valence electrons. The maximum absolute atomic E-state index is 2.45. The molecule has 0 aromatic heterocycles. The van der Waals surface area contributed by atoms with E-state index >= 15 is 0 Å². The Morgan fingerprint density at radius 1 is 1.08 bits per heavy atom. The van der Waals surface area contributed by atoms with Crippen LogP contribution >= 0.6 is 0 Å². The zero-order valence-electron chi connectivity index (χ0n) is 9.77. The normalized spacial score (nSPS) is 27.7. The second kappa shape index (κ2) is 4.45. The van der Waals surface area contributed by atoms with Crippen LogP contribution in [0.4, 0.5) is 0 Å². The van der Waals surface area contributed by atoms with Crippen LogP contribution in [0.1, 0.15) is 46.5 Å². The minimum atomic E-state index is 0.779. The second-order valence-electron chi connectivity index (χ2n) is 4.85. The van der Waals surface area contributed by atoms with Crippen molar-refractivity contribution in [2.45, 2.75) is 46.5 Å². The number of hydrogen-bond acceptors (Lipinski definition) is 1. The van der Waals surface area contributed by atoms with Crippen LogP contribution in [-0.4, -0.2) is 25.0 Å². The summed E-state index contributed by atoms with van der Waals surface area (Å²) in [6, 6.07) is 0. The Hall–Kier alpha value is -0.0400. The largest absolute Gasteiger partial charge is 0.305 e. The number of hydrogen-bond donors (Lipinski definition) is 0. The third-order valence-electron chi connectivity index (χ3n) is 3.55. The van der Waals surface area contributed by atoms with Crippen molar-refractivity contribution in [2.75, 3.05) is 20.1 Å². The maximum Gasteiger partial charge on any atom is 0.00474 e. The monoisotopic (exact) mass is 183 g/mol. The van der Waals surface area contributed by atoms with Gasteiger partial charge in [-0.1, -0.05) is 33.6 Å². The lowest BCUT2D eigenvalue weighted by Crippen LogP contribution is -2.55. The van der Waals surface area contributed by atoms with Crippen molar-refractivity contribution in [1.82, 2.24) is 4.90 Å². The molecule has 1 saturated heterocycles. The Bertz CT molecular complexity index is 137. The number of likely N-dealkylation sites (tertiary alicyclic amines) is 1. The predicted octanol–water partition coefficient (Wildman–Crippen LogP) is 3.15. The summed E-state index contributed by atoms with van der Waals surface area (Å²) in [6.45, 7) is 9.15. The summed E-state index contributed by atoms with van der Waals surface area (Å²) in [7, 11) is 2.24. The van der Waals surface area contributed by atoms with Gasteiger partial charge in [-0.05, 0) is 31.2 Å². The topological polar surface area (TPSA) is 3.24 Å². The second-order valence-corrected chi connectivity index (χ2v) is 4.85. The molecule has 1 aliphatic carbocycles. The zero-order valence-corrected chi connectivity index (χ0v) is 9.77. The van der Waals surface area contributed by atoms with E-state index in [1.807, 2.05) is 13.8 Å². The Balaban J connectivity index is 0.000000396. The van der Waals surface area contributed by atoms with Crippen molar-refractivity contribution >= 4 is 0 Å². The molecule has 0 aromatic carbocycles. The molecule has 1 saturated carbocycles. The van der Waals surface area contributed by atoms with Gasteiger partial charge in [0.1, 0.15) is 0 Å². The first kappa shape index (κ1) is 11.0. The quantitative estimate of drug-likeness (QED) is 0.557. The molecule has 13 heavy (non-hydrogen) atoms. The van der Waals surface area contributed by atoms with Crippen molar-refractivity contribution in [2.24, 2.45) is 11.3 Å². The third kappa shape index (κ3) is 2.46. The van der Waals surface area contributed by atoms with Gasteiger partial charge in [-0.25, -0.2) is 0 Å². The van der Waals surface area contributed by atoms with Gasteiger partial charge < -0.3 is 4.90 Å². The fourth-order valence-electron chi connectivity index (χ4n) is 2.79. The smallest absolute Gasteiger partial charge is 0.00474 e. The van der Waals surface area contributed by atoms with E-state index in [0.29, 0.717) is 0 Å². The summed E-state index contributed by atoms with van der Waals surface area (Å²) < 4.78 is 0. The highest BCUT2D eigenvalue weighted by molar-refractivity contribution is 4.95. The van der Waals surface area contributed by atoms with Crippen LogP contribution < -0.4 is 0 Å². The van der Waals surface area contributed by atoms with E-state index in [2.05, 4.69) is 18.9 Å². The van der Waals surface area contributed by atoms with Crippen molar-refractivity contribution in [1.29, 1.82) is 0 Å². The van der Waals surface area contributed by atoms with Crippen molar-refractivity contribution in [3.05, 3.63) is 0 Å². The molecule has 0 bridgehead atoms. The molecule has 1 spiro atoms. The summed E-state index contributed by atoms with van der Waals surface area (Å²) in [4.78, 5) is 2.45. The highest BCUT2D eigenvalue weighted by Crippen LogP contribution is 2.44. The van der Waals surface area contributed by atoms with Crippen molar-refractivity contribution in [3.63, 3.8) is 0 Å². The van der Waals surface area contributed by atoms with Crippen LogP contribution in [0.25, 0.3) is 0 Å². The Labute approximate surface area is 83.5 Å². The Kier molecular flexibility index (Phi) is 3.78. The molecule has 1 heteroatoms. The van der Waals surface area contributed by atoms with Crippen LogP contribution in [0, 0.1) is 11.3 Å². The van der Waals surface area contributed by atoms with E-state index < -0.39 is 0 Å². The summed E-state index contributed by atoms with van der Waals surface area (Å²) in [5, 5.41) is 0. The van der Waals surface area contributed by atoms with Crippen LogP contribution in [0.15, 0.2) is 0 Å². The maximum atomic E-state index is 2.45. The van der Waals surface area contributed by atoms with E-state index in [0.717, 1.165) is 11.3 Å². The number of rotatable bonds is 0. The average Bonchev–Trinajstić information content (AvgIpc) is 2.11. The van der Waals surface area contributed by atoms with E-state index in [1.165, 1.54) is 38.8 Å². The van der Waals surface area contributed by atoms with Gasteiger partial charge in [0.15, 0.2) is 0 Å². The summed E-state index contributed by atoms with van der Waals surface area (Å²) >= 11 is 0. The van der Waals surface area contributed by atoms with Gasteiger partial charge in [-0.2, -0.15) is 0 Å². The molecule has 0 unspecified atom stereocenters. The van der Waals surface area contributed by atoms with Crippen molar-refractivity contribution in [3.8, 4) is 0 Å². The van der Waals surface area contributed by atoms with Gasteiger partial charge in [0, 0.05) is 13.1 Å². The van der Waals surface area contributed by atoms with E-state index in [-0.39, 0.29) is 0 Å². The zero-order chi connectivity index (χ0) is 9.90. The lowest BCUT2D eigenvalue weighted by atomic mass is 9.66. The molecule has 1 aliphatic heterocycles. The summed E-state index contributed by atoms with van der Waals surface area (Å²) in [6.07, 6.45) is 5.96. The summed E-state index contributed by atoms with van der Waals surface area (Å²) in [5.41, 5.74) is 0.779. The highest BCUT2D eigenvalue weighted by Gasteiger charge is 2.42. The molecule has 0 amide bonds. The van der Waals surface area contributed by atoms with Crippen LogP contribution in [-0.2, 0) is 0 Å². The molecule has 1 heterocycles. The molecule has 0 N–H and O–H groups in total. The minimum Gasteiger partial charge on any atom is -0.305 e. The van der Waals surface area contributed by atoms with Crippen LogP contribution in [0.3, 0.4) is 0 Å². The Morgan fingerprint density at radius 2 is 1.54 bits per heavy atom. The van der Waals surface area contributed by atoms with Gasteiger partial charge in [0.25, 0.3) is 0 Å². The summed E-state index contributed by atoms with van der Waals surface area (Å²) in [5.74, 6) is 1.01. The highest BCUT2D eigenvalue weighted by atomic mass is 15.2. The molecule has 0 aromatic rings. The first-order valence-electron chi connectivity index (χ1n) is 5.89. The number of nitrogens with zero attached hydrogens (tertiary/aromatic N) is 1. The minimum absolute atomic E-state index is 0.779. The standard InChI is InChI=1S/C10H19N.C2H6/c1-9-3-5-10(6-4-9)7-11(2)8-10;1-2/h9H,3-8H2,1-2H3;1-2H3. The fraction of sp³-hybridized carbons (Fsp3) is 1.00. The molecular weight excluding hydrogens is 158 g/mol. The van der Waals surface area contributed by atoms with E-state index in [9.17, 15) is 0 Å². The lowest BCUT2D eigenvalue weighted by molar-refractivity contribution is -0.0192. The lowest BCUT2D eigenvalue weighted by Gasteiger charge is -2.52. The molecule has 1 nitrogen and oxygen atoms in total. The predicted molar refractivity (Wildman–Crippen MR) is 58.9 cm³/mol. The molecule has 2 rings (SSSR count). The van der Waals surface area contributed by atoms with Gasteiger partial charge >= 0.3 is 0 Å². The van der Waals surface area contributed by atoms with E-state index in [4.69, 9.17) is 0 Å². The van der Waals surface area contributed by atoms with E-state index in [1.54, 1.807) is 0 Å². The van der Waals surface area contributed by atoms with Crippen molar-refractivity contribution < 1.29 is 0 Å². The molecular formula is C12H25N. The SMILES string of the molecule is CC.CC1CCC2(CC1)CN(C)C2. The molecule has 2 fully saturated rings. The molecule has 2 aliphatic rings. The van der Waals surface area contributed by atoms with Gasteiger partial charge in [0.05, 0.1) is 0 Å². The first-order valence-corrected chi connectivity index (χ1v) is 5.89. The van der Waals surface area contributed by atoms with Gasteiger partial charge in [-0.15, -0.1) is 0 Å². The molecule has 0 radical (unpaired) electrons. The molecule has 0 atom stereocenters. The van der Waals surface area contributed by atoms with Gasteiger partial charge in [0.2, 0.25) is 0 Å².